The Labute approximate surface area is 119 Å². The molecule has 2 unspecified atom stereocenters. The minimum atomic E-state index is -4.43. The fourth-order valence-electron chi connectivity index (χ4n) is 3.18. The highest BCUT2D eigenvalue weighted by atomic mass is 19.4. The number of aryl methyl sites for hydroxylation is 1. The number of rotatable bonds is 0. The number of nitrogens with zero attached hydrogens (tertiary/aromatic N) is 1. The highest BCUT2D eigenvalue weighted by molar-refractivity contribution is 5.66. The molecule has 2 atom stereocenters. The van der Waals surface area contributed by atoms with E-state index in [-0.39, 0.29) is 37.3 Å². The van der Waals surface area contributed by atoms with Crippen LogP contribution in [0, 0.1) is 6.92 Å². The molecule has 0 aliphatic carbocycles. The van der Waals surface area contributed by atoms with Crippen molar-refractivity contribution in [3.8, 4) is 0 Å². The van der Waals surface area contributed by atoms with Crippen LogP contribution in [0.1, 0.15) is 28.2 Å². The maximum Gasteiger partial charge on any atom is 0.416 e. The Bertz CT molecular complexity index is 600. The average Bonchev–Trinajstić information content (AvgIpc) is 2.81. The number of halogens is 3. The summed E-state index contributed by atoms with van der Waals surface area (Å²) < 4.78 is 44.9. The van der Waals surface area contributed by atoms with Gasteiger partial charge in [0.1, 0.15) is 0 Å². The Kier molecular flexibility index (Phi) is 3.12. The smallest absolute Gasteiger partial charge is 0.416 e. The summed E-state index contributed by atoms with van der Waals surface area (Å²) in [7, 11) is 0. The van der Waals surface area contributed by atoms with Crippen LogP contribution in [0.25, 0.3) is 0 Å². The van der Waals surface area contributed by atoms with Crippen LogP contribution in [0.15, 0.2) is 12.1 Å². The normalized spacial score (nSPS) is 24.7. The van der Waals surface area contributed by atoms with Gasteiger partial charge in [-0.25, -0.2) is 4.79 Å². The average molecular weight is 301 g/mol. The zero-order valence-corrected chi connectivity index (χ0v) is 11.3. The highest BCUT2D eigenvalue weighted by Crippen LogP contribution is 2.42. The van der Waals surface area contributed by atoms with E-state index in [0.717, 1.165) is 6.07 Å². The van der Waals surface area contributed by atoms with Crippen molar-refractivity contribution in [3.05, 3.63) is 34.4 Å². The molecule has 2 heterocycles. The molecular weight excluding hydrogens is 287 g/mol. The fourth-order valence-corrected chi connectivity index (χ4v) is 3.18. The van der Waals surface area contributed by atoms with Crippen molar-refractivity contribution in [1.29, 1.82) is 0 Å². The van der Waals surface area contributed by atoms with E-state index < -0.39 is 17.8 Å². The number of carbonyl (C=O) groups is 1. The Balaban J connectivity index is 2.06. The van der Waals surface area contributed by atoms with Crippen LogP contribution in [0.4, 0.5) is 18.0 Å². The van der Waals surface area contributed by atoms with Crippen LogP contribution in [0.3, 0.4) is 0 Å². The number of alkyl halides is 3. The number of fused-ring (bicyclic) bond motifs is 3. The molecule has 21 heavy (non-hydrogen) atoms. The summed E-state index contributed by atoms with van der Waals surface area (Å²) in [4.78, 5) is 12.2. The predicted molar refractivity (Wildman–Crippen MR) is 67.1 cm³/mol. The van der Waals surface area contributed by atoms with Crippen LogP contribution in [0.5, 0.6) is 0 Å². The number of benzene rings is 1. The van der Waals surface area contributed by atoms with Crippen LogP contribution < -0.4 is 0 Å². The summed E-state index contributed by atoms with van der Waals surface area (Å²) in [6.45, 7) is 1.87. The predicted octanol–water partition coefficient (Wildman–Crippen LogP) is 2.99. The van der Waals surface area contributed by atoms with E-state index in [1.807, 2.05) is 0 Å². The first-order chi connectivity index (χ1) is 9.77. The van der Waals surface area contributed by atoms with E-state index in [0.29, 0.717) is 11.1 Å². The summed E-state index contributed by atoms with van der Waals surface area (Å²) >= 11 is 0. The molecule has 7 heteroatoms. The van der Waals surface area contributed by atoms with Crippen molar-refractivity contribution < 1.29 is 27.8 Å². The standard InChI is InChI=1S/C14H14F3NO3/c1-7-2-8-9-4-18(13(19)20)5-12(9)21-6-10(8)11(3-7)14(15,16)17/h2-3,9,12H,4-6H2,1H3,(H,19,20). The lowest BCUT2D eigenvalue weighted by molar-refractivity contribution is -0.139. The highest BCUT2D eigenvalue weighted by Gasteiger charge is 2.44. The molecule has 0 aromatic heterocycles. The first-order valence-electron chi connectivity index (χ1n) is 6.57. The Morgan fingerprint density at radius 1 is 1.38 bits per heavy atom. The van der Waals surface area contributed by atoms with E-state index in [9.17, 15) is 18.0 Å². The van der Waals surface area contributed by atoms with E-state index in [4.69, 9.17) is 9.84 Å². The molecule has 4 nitrogen and oxygen atoms in total. The van der Waals surface area contributed by atoms with Gasteiger partial charge in [-0.1, -0.05) is 11.6 Å². The second-order valence-electron chi connectivity index (χ2n) is 5.52. The third kappa shape index (κ3) is 2.35. The molecule has 0 saturated carbocycles. The van der Waals surface area contributed by atoms with Crippen molar-refractivity contribution in [1.82, 2.24) is 4.90 Å². The van der Waals surface area contributed by atoms with Crippen LogP contribution in [0.2, 0.25) is 0 Å². The molecule has 1 aromatic carbocycles. The van der Waals surface area contributed by atoms with Gasteiger partial charge >= 0.3 is 12.3 Å². The minimum absolute atomic E-state index is 0.126. The summed E-state index contributed by atoms with van der Waals surface area (Å²) in [5, 5.41) is 9.04. The van der Waals surface area contributed by atoms with Crippen LogP contribution in [-0.2, 0) is 17.5 Å². The van der Waals surface area contributed by atoms with Gasteiger partial charge in [-0.3, -0.25) is 0 Å². The van der Waals surface area contributed by atoms with E-state index in [2.05, 4.69) is 0 Å². The van der Waals surface area contributed by atoms with Gasteiger partial charge in [0, 0.05) is 12.5 Å². The third-order valence-corrected chi connectivity index (χ3v) is 4.11. The molecule has 2 aliphatic rings. The van der Waals surface area contributed by atoms with Gasteiger partial charge in [0.25, 0.3) is 0 Å². The van der Waals surface area contributed by atoms with Crippen molar-refractivity contribution in [2.24, 2.45) is 0 Å². The number of carboxylic acid groups (broad SMARTS) is 1. The third-order valence-electron chi connectivity index (χ3n) is 4.11. The lowest BCUT2D eigenvalue weighted by Crippen LogP contribution is -2.30. The first kappa shape index (κ1) is 14.2. The molecule has 0 bridgehead atoms. The van der Waals surface area contributed by atoms with Crippen molar-refractivity contribution in [2.45, 2.75) is 31.7 Å². The van der Waals surface area contributed by atoms with Gasteiger partial charge < -0.3 is 14.7 Å². The zero-order valence-electron chi connectivity index (χ0n) is 11.3. The van der Waals surface area contributed by atoms with E-state index in [1.165, 1.54) is 4.90 Å². The number of amides is 1. The Morgan fingerprint density at radius 2 is 2.10 bits per heavy atom. The molecular formula is C14H14F3NO3. The molecule has 114 valence electrons. The van der Waals surface area contributed by atoms with Gasteiger partial charge in [0.2, 0.25) is 0 Å². The maximum atomic E-state index is 13.1. The zero-order chi connectivity index (χ0) is 15.4. The lowest BCUT2D eigenvalue weighted by Gasteiger charge is -2.30. The molecule has 1 aromatic rings. The minimum Gasteiger partial charge on any atom is -0.465 e. The Morgan fingerprint density at radius 3 is 2.71 bits per heavy atom. The molecule has 1 N–H and O–H groups in total. The summed E-state index contributed by atoms with van der Waals surface area (Å²) in [6, 6.07) is 2.84. The number of likely N-dealkylation sites (tertiary alicyclic amines) is 1. The molecule has 1 fully saturated rings. The van der Waals surface area contributed by atoms with Gasteiger partial charge in [-0.2, -0.15) is 13.2 Å². The van der Waals surface area contributed by atoms with Gasteiger partial charge in [-0.05, 0) is 24.1 Å². The Hall–Kier alpha value is -1.76. The largest absolute Gasteiger partial charge is 0.465 e. The summed E-state index contributed by atoms with van der Waals surface area (Å²) in [6.07, 6.45) is -5.87. The second kappa shape index (κ2) is 4.62. The van der Waals surface area contributed by atoms with Crippen LogP contribution >= 0.6 is 0 Å². The molecule has 1 saturated heterocycles. The molecule has 0 spiro atoms. The molecule has 1 amide bonds. The summed E-state index contributed by atoms with van der Waals surface area (Å²) in [5.74, 6) is -0.328. The van der Waals surface area contributed by atoms with Gasteiger partial charge in [-0.15, -0.1) is 0 Å². The van der Waals surface area contributed by atoms with E-state index >= 15 is 0 Å². The topological polar surface area (TPSA) is 49.8 Å². The molecule has 0 radical (unpaired) electrons. The monoisotopic (exact) mass is 301 g/mol. The summed E-state index contributed by atoms with van der Waals surface area (Å²) in [5.41, 5.74) is 0.559. The number of hydrogen-bond donors (Lipinski definition) is 1. The van der Waals surface area contributed by atoms with Crippen molar-refractivity contribution in [3.63, 3.8) is 0 Å². The fraction of sp³-hybridized carbons (Fsp3) is 0.500. The van der Waals surface area contributed by atoms with Gasteiger partial charge in [0.15, 0.2) is 0 Å². The quantitative estimate of drug-likeness (QED) is 0.801. The lowest BCUT2D eigenvalue weighted by atomic mass is 9.85. The first-order valence-corrected chi connectivity index (χ1v) is 6.57. The van der Waals surface area contributed by atoms with Crippen molar-refractivity contribution in [2.75, 3.05) is 13.1 Å². The second-order valence-corrected chi connectivity index (χ2v) is 5.52. The number of ether oxygens (including phenoxy) is 1. The van der Waals surface area contributed by atoms with Gasteiger partial charge in [0.05, 0.1) is 24.8 Å². The van der Waals surface area contributed by atoms with E-state index in [1.54, 1.807) is 13.0 Å². The van der Waals surface area contributed by atoms with Crippen LogP contribution in [-0.4, -0.2) is 35.3 Å². The number of hydrogen-bond acceptors (Lipinski definition) is 2. The molecule has 3 rings (SSSR count). The molecule has 2 aliphatic heterocycles. The van der Waals surface area contributed by atoms with Crippen molar-refractivity contribution >= 4 is 6.09 Å². The SMILES string of the molecule is Cc1cc2c(c(C(F)(F)F)c1)COC1CN(C(=O)O)CC21. The maximum absolute atomic E-state index is 13.1.